The molecule has 4 heterocycles. The van der Waals surface area contributed by atoms with E-state index in [0.717, 1.165) is 6.26 Å². The topological polar surface area (TPSA) is 155 Å². The lowest BCUT2D eigenvalue weighted by atomic mass is 10.0. The Balaban J connectivity index is 1.45. The van der Waals surface area contributed by atoms with Crippen LogP contribution in [0, 0.1) is 11.6 Å². The summed E-state index contributed by atoms with van der Waals surface area (Å²) in [4.78, 5) is 16.4. The maximum absolute atomic E-state index is 14.9. The van der Waals surface area contributed by atoms with Gasteiger partial charge >= 0.3 is 0 Å². The van der Waals surface area contributed by atoms with Crippen LogP contribution in [0.2, 0.25) is 0 Å². The van der Waals surface area contributed by atoms with E-state index in [9.17, 15) is 17.2 Å². The van der Waals surface area contributed by atoms with Gasteiger partial charge in [0.25, 0.3) is 0 Å². The minimum atomic E-state index is -3.46. The van der Waals surface area contributed by atoms with Crippen molar-refractivity contribution in [2.45, 2.75) is 6.54 Å². The molecule has 6 aromatic rings. The van der Waals surface area contributed by atoms with Gasteiger partial charge in [-0.3, -0.25) is 15.1 Å². The van der Waals surface area contributed by atoms with Crippen LogP contribution in [0.25, 0.3) is 55.8 Å². The summed E-state index contributed by atoms with van der Waals surface area (Å²) in [5.41, 5.74) is 10.3. The number of aromatic amines is 2. The van der Waals surface area contributed by atoms with Gasteiger partial charge in [0.2, 0.25) is 10.0 Å². The fourth-order valence-corrected chi connectivity index (χ4v) is 4.84. The molecule has 5 N–H and O–H groups in total. The minimum absolute atomic E-state index is 0.0773. The van der Waals surface area contributed by atoms with Crippen LogP contribution in [0.3, 0.4) is 0 Å². The molecule has 0 aliphatic rings. The summed E-state index contributed by atoms with van der Waals surface area (Å²) < 4.78 is 54.8. The molecule has 0 amide bonds. The van der Waals surface area contributed by atoms with Gasteiger partial charge in [-0.2, -0.15) is 5.10 Å². The van der Waals surface area contributed by atoms with Crippen LogP contribution in [-0.4, -0.2) is 44.8 Å². The van der Waals surface area contributed by atoms with Crippen LogP contribution < -0.4 is 10.5 Å². The van der Waals surface area contributed by atoms with E-state index in [2.05, 4.69) is 29.9 Å². The van der Waals surface area contributed by atoms with Gasteiger partial charge in [0.1, 0.15) is 22.8 Å². The number of sulfonamides is 1. The van der Waals surface area contributed by atoms with Crippen LogP contribution in [0.15, 0.2) is 61.1 Å². The molecule has 0 aliphatic heterocycles. The number of nitrogens with zero attached hydrogens (tertiary/aromatic N) is 4. The highest BCUT2D eigenvalue weighted by Gasteiger charge is 2.19. The fourth-order valence-electron chi connectivity index (χ4n) is 4.41. The number of nitrogen functional groups attached to an aromatic ring is 1. The average molecular weight is 547 g/mol. The predicted molar refractivity (Wildman–Crippen MR) is 144 cm³/mol. The Bertz CT molecular complexity index is 2000. The molecule has 0 fully saturated rings. The van der Waals surface area contributed by atoms with Crippen LogP contribution >= 0.6 is 0 Å². The third kappa shape index (κ3) is 4.80. The highest BCUT2D eigenvalue weighted by Crippen LogP contribution is 2.34. The van der Waals surface area contributed by atoms with Gasteiger partial charge in [0.15, 0.2) is 5.82 Å². The number of nitrogens with two attached hydrogens (primary N) is 1. The zero-order valence-corrected chi connectivity index (χ0v) is 21.1. The van der Waals surface area contributed by atoms with Crippen molar-refractivity contribution < 1.29 is 17.2 Å². The first kappa shape index (κ1) is 24.6. The van der Waals surface area contributed by atoms with E-state index in [4.69, 9.17) is 10.7 Å². The van der Waals surface area contributed by atoms with Gasteiger partial charge in [-0.05, 0) is 42.0 Å². The highest BCUT2D eigenvalue weighted by molar-refractivity contribution is 7.88. The molecule has 2 aromatic carbocycles. The van der Waals surface area contributed by atoms with E-state index in [1.54, 1.807) is 30.5 Å². The summed E-state index contributed by atoms with van der Waals surface area (Å²) in [6.45, 7) is -0.0773. The van der Waals surface area contributed by atoms with E-state index in [1.165, 1.54) is 30.6 Å². The largest absolute Gasteiger partial charge is 0.397 e. The maximum Gasteiger partial charge on any atom is 0.209 e. The lowest BCUT2D eigenvalue weighted by Gasteiger charge is -2.07. The molecule has 0 aliphatic carbocycles. The van der Waals surface area contributed by atoms with Crippen LogP contribution in [0.4, 0.5) is 14.5 Å². The number of benzene rings is 2. The first-order chi connectivity index (χ1) is 18.6. The Morgan fingerprint density at radius 3 is 2.64 bits per heavy atom. The lowest BCUT2D eigenvalue weighted by Crippen LogP contribution is -2.21. The number of H-pyrrole nitrogens is 2. The van der Waals surface area contributed by atoms with E-state index < -0.39 is 21.7 Å². The molecule has 0 bridgehead atoms. The van der Waals surface area contributed by atoms with Gasteiger partial charge in [-0.1, -0.05) is 0 Å². The summed E-state index contributed by atoms with van der Waals surface area (Å²) in [5, 5.41) is 7.81. The molecule has 6 rings (SSSR count). The van der Waals surface area contributed by atoms with Crippen molar-refractivity contribution in [3.05, 3.63) is 78.3 Å². The second-order valence-electron chi connectivity index (χ2n) is 9.04. The molecule has 0 unspecified atom stereocenters. The second-order valence-corrected chi connectivity index (χ2v) is 10.9. The number of aromatic nitrogens is 6. The van der Waals surface area contributed by atoms with E-state index in [1.807, 2.05) is 0 Å². The molecule has 13 heteroatoms. The number of rotatable bonds is 6. The lowest BCUT2D eigenvalue weighted by molar-refractivity contribution is 0.586. The van der Waals surface area contributed by atoms with E-state index in [-0.39, 0.29) is 6.54 Å². The number of nitrogens with one attached hydrogen (secondary N) is 3. The maximum atomic E-state index is 14.9. The van der Waals surface area contributed by atoms with Crippen molar-refractivity contribution in [2.75, 3.05) is 12.0 Å². The number of imidazole rings is 1. The van der Waals surface area contributed by atoms with Crippen molar-refractivity contribution in [3.8, 4) is 33.9 Å². The SMILES string of the molecule is CS(=O)(=O)NCc1cc(F)cc(-c2nccc3[nH]c(-c4n[nH]c5cc(F)c(-c6cncc(N)c6)cc45)nc23)c1. The number of fused-ring (bicyclic) bond motifs is 2. The summed E-state index contributed by atoms with van der Waals surface area (Å²) >= 11 is 0. The van der Waals surface area contributed by atoms with Crippen LogP contribution in [-0.2, 0) is 16.6 Å². The van der Waals surface area contributed by atoms with E-state index in [0.29, 0.717) is 67.1 Å². The summed E-state index contributed by atoms with van der Waals surface area (Å²) in [7, 11) is -3.46. The first-order valence-electron chi connectivity index (χ1n) is 11.6. The molecule has 0 radical (unpaired) electrons. The van der Waals surface area contributed by atoms with Gasteiger partial charge in [0, 0.05) is 53.3 Å². The molecule has 0 saturated carbocycles. The molecule has 0 atom stereocenters. The predicted octanol–water partition coefficient (Wildman–Crippen LogP) is 4.14. The Hall–Kier alpha value is -4.75. The summed E-state index contributed by atoms with van der Waals surface area (Å²) in [6, 6.07) is 10.6. The average Bonchev–Trinajstić information content (AvgIpc) is 3.49. The van der Waals surface area contributed by atoms with Crippen molar-refractivity contribution in [2.24, 2.45) is 0 Å². The zero-order valence-electron chi connectivity index (χ0n) is 20.3. The molecule has 39 heavy (non-hydrogen) atoms. The monoisotopic (exact) mass is 546 g/mol. The molecular formula is C26H20F2N8O2S. The van der Waals surface area contributed by atoms with Gasteiger partial charge in [-0.15, -0.1) is 0 Å². The van der Waals surface area contributed by atoms with Gasteiger partial charge in [-0.25, -0.2) is 26.9 Å². The molecule has 0 saturated heterocycles. The van der Waals surface area contributed by atoms with Crippen molar-refractivity contribution >= 4 is 37.6 Å². The third-order valence-corrected chi connectivity index (χ3v) is 6.78. The summed E-state index contributed by atoms with van der Waals surface area (Å²) in [6.07, 6.45) is 5.59. The number of hydrogen-bond donors (Lipinski definition) is 4. The normalized spacial score (nSPS) is 12.0. The number of halogens is 2. The highest BCUT2D eigenvalue weighted by atomic mass is 32.2. The fraction of sp³-hybridized carbons (Fsp3) is 0.0769. The summed E-state index contributed by atoms with van der Waals surface area (Å²) in [5.74, 6) is -0.617. The number of hydrogen-bond acceptors (Lipinski definition) is 7. The first-order valence-corrected chi connectivity index (χ1v) is 13.5. The Morgan fingerprint density at radius 2 is 1.85 bits per heavy atom. The van der Waals surface area contributed by atoms with Gasteiger partial charge in [0.05, 0.1) is 28.7 Å². The third-order valence-electron chi connectivity index (χ3n) is 6.12. The van der Waals surface area contributed by atoms with Crippen molar-refractivity contribution in [3.63, 3.8) is 0 Å². The standard InChI is InChI=1S/C26H20F2N8O2S/c1-39(37,38)32-10-13-4-14(6-16(27)5-13)23-25-21(2-3-31-23)33-26(34-25)24-19-8-18(15-7-17(29)12-30-11-15)20(28)9-22(19)35-36-24/h2-9,11-12,32H,10,29H2,1H3,(H,33,34)(H,35,36). The smallest absolute Gasteiger partial charge is 0.209 e. The second kappa shape index (κ2) is 9.22. The Labute approximate surface area is 220 Å². The minimum Gasteiger partial charge on any atom is -0.397 e. The van der Waals surface area contributed by atoms with Crippen LogP contribution in [0.5, 0.6) is 0 Å². The van der Waals surface area contributed by atoms with Crippen molar-refractivity contribution in [1.82, 2.24) is 34.9 Å². The van der Waals surface area contributed by atoms with Crippen LogP contribution in [0.1, 0.15) is 5.56 Å². The quantitative estimate of drug-likeness (QED) is 0.245. The Kier molecular flexibility index (Phi) is 5.81. The van der Waals surface area contributed by atoms with Crippen molar-refractivity contribution in [1.29, 1.82) is 0 Å². The Morgan fingerprint density at radius 1 is 1.00 bits per heavy atom. The molecule has 10 nitrogen and oxygen atoms in total. The number of pyridine rings is 2. The zero-order chi connectivity index (χ0) is 27.3. The molecular weight excluding hydrogens is 526 g/mol. The molecule has 4 aromatic heterocycles. The number of anilines is 1. The molecule has 196 valence electrons. The molecule has 0 spiro atoms. The van der Waals surface area contributed by atoms with E-state index >= 15 is 0 Å². The van der Waals surface area contributed by atoms with Gasteiger partial charge < -0.3 is 10.7 Å².